The molecule has 2 heterocycles. The maximum atomic E-state index is 11.8. The molecule has 6 heteroatoms. The number of nitrogens with one attached hydrogen (secondary N) is 1. The summed E-state index contributed by atoms with van der Waals surface area (Å²) >= 11 is 0. The molecule has 1 aliphatic heterocycles. The number of furan rings is 1. The number of carboxylic acids is 1. The van der Waals surface area contributed by atoms with Gasteiger partial charge in [0.15, 0.2) is 0 Å². The second kappa shape index (κ2) is 5.60. The summed E-state index contributed by atoms with van der Waals surface area (Å²) in [6, 6.07) is 2.74. The van der Waals surface area contributed by atoms with E-state index in [-0.39, 0.29) is 18.3 Å². The molecule has 2 rings (SSSR count). The minimum atomic E-state index is -1.12. The lowest BCUT2D eigenvalue weighted by Crippen LogP contribution is -2.37. The molecule has 102 valence electrons. The minimum Gasteiger partial charge on any atom is -0.475 e. The lowest BCUT2D eigenvalue weighted by atomic mass is 10.1. The Morgan fingerprint density at radius 3 is 2.95 bits per heavy atom. The maximum absolute atomic E-state index is 11.8. The molecule has 0 aliphatic carbocycles. The first-order chi connectivity index (χ1) is 9.10. The third-order valence-corrected chi connectivity index (χ3v) is 3.13. The number of hydrogen-bond acceptors (Lipinski definition) is 3. The van der Waals surface area contributed by atoms with Gasteiger partial charge in [0.25, 0.3) is 0 Å². The van der Waals surface area contributed by atoms with E-state index in [9.17, 15) is 9.59 Å². The van der Waals surface area contributed by atoms with Crippen molar-refractivity contribution in [2.45, 2.75) is 13.0 Å². The van der Waals surface area contributed by atoms with Crippen LogP contribution in [0.15, 0.2) is 29.2 Å². The van der Waals surface area contributed by atoms with Crippen molar-refractivity contribution in [3.05, 3.63) is 36.3 Å². The van der Waals surface area contributed by atoms with E-state index in [1.165, 1.54) is 6.07 Å². The van der Waals surface area contributed by atoms with Gasteiger partial charge in [0.05, 0.1) is 6.54 Å². The molecule has 1 aromatic heterocycles. The zero-order valence-electron chi connectivity index (χ0n) is 10.5. The Hall–Kier alpha value is -2.24. The van der Waals surface area contributed by atoms with E-state index >= 15 is 0 Å². The van der Waals surface area contributed by atoms with Gasteiger partial charge in [-0.25, -0.2) is 9.59 Å². The number of carboxylic acid groups (broad SMARTS) is 1. The van der Waals surface area contributed by atoms with Gasteiger partial charge in [0.2, 0.25) is 5.76 Å². The fourth-order valence-corrected chi connectivity index (χ4v) is 2.03. The number of urea groups is 1. The van der Waals surface area contributed by atoms with Crippen LogP contribution < -0.4 is 5.32 Å². The molecule has 1 atom stereocenters. The van der Waals surface area contributed by atoms with Crippen LogP contribution in [0.1, 0.15) is 22.7 Å². The molecule has 2 N–H and O–H groups in total. The van der Waals surface area contributed by atoms with E-state index < -0.39 is 5.97 Å². The van der Waals surface area contributed by atoms with Crippen molar-refractivity contribution >= 4 is 12.0 Å². The van der Waals surface area contributed by atoms with Crippen LogP contribution in [0.2, 0.25) is 0 Å². The first-order valence-electron chi connectivity index (χ1n) is 6.07. The summed E-state index contributed by atoms with van der Waals surface area (Å²) in [6.45, 7) is 5.29. The molecule has 1 aromatic rings. The zero-order chi connectivity index (χ0) is 13.8. The Balaban J connectivity index is 1.83. The topological polar surface area (TPSA) is 82.8 Å². The summed E-state index contributed by atoms with van der Waals surface area (Å²) in [7, 11) is 0. The minimum absolute atomic E-state index is 0.128. The number of rotatable bonds is 4. The highest BCUT2D eigenvalue weighted by molar-refractivity contribution is 5.84. The highest BCUT2D eigenvalue weighted by Crippen LogP contribution is 2.16. The molecule has 2 amide bonds. The molecule has 19 heavy (non-hydrogen) atoms. The molecule has 6 nitrogen and oxygen atoms in total. The first-order valence-corrected chi connectivity index (χ1v) is 6.07. The van der Waals surface area contributed by atoms with Gasteiger partial charge in [-0.05, 0) is 24.5 Å². The van der Waals surface area contributed by atoms with Crippen LogP contribution in [0, 0.1) is 5.92 Å². The molecule has 0 spiro atoms. The van der Waals surface area contributed by atoms with Gasteiger partial charge in [-0.1, -0.05) is 6.08 Å². The largest absolute Gasteiger partial charge is 0.475 e. The molecular formula is C13H16N2O4. The van der Waals surface area contributed by atoms with Crippen LogP contribution in [-0.2, 0) is 6.54 Å². The van der Waals surface area contributed by atoms with E-state index in [1.54, 1.807) is 11.0 Å². The number of likely N-dealkylation sites (tertiary alicyclic amines) is 1. The van der Waals surface area contributed by atoms with Crippen LogP contribution in [0.3, 0.4) is 0 Å². The van der Waals surface area contributed by atoms with Gasteiger partial charge in [0.1, 0.15) is 5.76 Å². The third kappa shape index (κ3) is 3.15. The van der Waals surface area contributed by atoms with Crippen LogP contribution in [0.4, 0.5) is 4.79 Å². The summed E-state index contributed by atoms with van der Waals surface area (Å²) in [4.78, 5) is 24.2. The first kappa shape index (κ1) is 13.2. The Morgan fingerprint density at radius 2 is 2.37 bits per heavy atom. The highest BCUT2D eigenvalue weighted by Gasteiger charge is 2.24. The lowest BCUT2D eigenvalue weighted by molar-refractivity contribution is 0.0660. The summed E-state index contributed by atoms with van der Waals surface area (Å²) < 4.78 is 5.05. The number of hydrogen-bond donors (Lipinski definition) is 2. The van der Waals surface area contributed by atoms with Crippen molar-refractivity contribution in [3.8, 4) is 0 Å². The molecule has 1 unspecified atom stereocenters. The summed E-state index contributed by atoms with van der Waals surface area (Å²) in [5.74, 6) is -0.471. The van der Waals surface area contributed by atoms with Crippen LogP contribution in [-0.4, -0.2) is 35.1 Å². The highest BCUT2D eigenvalue weighted by atomic mass is 16.4. The maximum Gasteiger partial charge on any atom is 0.371 e. The molecule has 1 fully saturated rings. The van der Waals surface area contributed by atoms with Crippen LogP contribution in [0.25, 0.3) is 0 Å². The monoisotopic (exact) mass is 264 g/mol. The van der Waals surface area contributed by atoms with Gasteiger partial charge in [-0.3, -0.25) is 0 Å². The average molecular weight is 264 g/mol. The fraction of sp³-hybridized carbons (Fsp3) is 0.385. The van der Waals surface area contributed by atoms with Crippen molar-refractivity contribution in [2.75, 3.05) is 13.1 Å². The summed E-state index contributed by atoms with van der Waals surface area (Å²) in [5, 5.41) is 11.4. The van der Waals surface area contributed by atoms with Crippen molar-refractivity contribution in [3.63, 3.8) is 0 Å². The predicted molar refractivity (Wildman–Crippen MR) is 67.8 cm³/mol. The van der Waals surface area contributed by atoms with Crippen molar-refractivity contribution < 1.29 is 19.1 Å². The molecule has 1 aliphatic rings. The fourth-order valence-electron chi connectivity index (χ4n) is 2.03. The Labute approximate surface area is 110 Å². The summed E-state index contributed by atoms with van der Waals surface area (Å²) in [5.41, 5.74) is 0. The van der Waals surface area contributed by atoms with Gasteiger partial charge in [0, 0.05) is 13.1 Å². The number of aromatic carboxylic acids is 1. The summed E-state index contributed by atoms with van der Waals surface area (Å²) in [6.07, 6.45) is 2.79. The number of carbonyl (C=O) groups is 2. The van der Waals surface area contributed by atoms with E-state index in [4.69, 9.17) is 9.52 Å². The second-order valence-corrected chi connectivity index (χ2v) is 4.46. The smallest absolute Gasteiger partial charge is 0.371 e. The lowest BCUT2D eigenvalue weighted by Gasteiger charge is -2.16. The molecule has 1 saturated heterocycles. The van der Waals surface area contributed by atoms with E-state index in [2.05, 4.69) is 11.9 Å². The second-order valence-electron chi connectivity index (χ2n) is 4.46. The molecule has 0 aromatic carbocycles. The van der Waals surface area contributed by atoms with Gasteiger partial charge < -0.3 is 19.7 Å². The molecule has 0 bridgehead atoms. The molecule has 0 saturated carbocycles. The Kier molecular flexibility index (Phi) is 3.89. The third-order valence-electron chi connectivity index (χ3n) is 3.13. The quantitative estimate of drug-likeness (QED) is 0.811. The SMILES string of the molecule is C=CC1CCN(C(=O)NCc2ccc(C(=O)O)o2)C1. The number of carbonyl (C=O) groups excluding carboxylic acids is 1. The Bertz CT molecular complexity index is 495. The van der Waals surface area contributed by atoms with Crippen LogP contribution >= 0.6 is 0 Å². The Morgan fingerprint density at radius 1 is 1.58 bits per heavy atom. The van der Waals surface area contributed by atoms with E-state index in [0.29, 0.717) is 24.8 Å². The van der Waals surface area contributed by atoms with Crippen LogP contribution in [0.5, 0.6) is 0 Å². The number of amides is 2. The molecule has 0 radical (unpaired) electrons. The zero-order valence-corrected chi connectivity index (χ0v) is 10.5. The van der Waals surface area contributed by atoms with Crippen molar-refractivity contribution in [1.82, 2.24) is 10.2 Å². The molecular weight excluding hydrogens is 248 g/mol. The van der Waals surface area contributed by atoms with Gasteiger partial charge in [-0.15, -0.1) is 6.58 Å². The average Bonchev–Trinajstić information content (AvgIpc) is 3.04. The van der Waals surface area contributed by atoms with Crippen molar-refractivity contribution in [2.24, 2.45) is 5.92 Å². The van der Waals surface area contributed by atoms with Gasteiger partial charge >= 0.3 is 12.0 Å². The van der Waals surface area contributed by atoms with E-state index in [1.807, 2.05) is 6.08 Å². The van der Waals surface area contributed by atoms with Gasteiger partial charge in [-0.2, -0.15) is 0 Å². The van der Waals surface area contributed by atoms with Crippen molar-refractivity contribution in [1.29, 1.82) is 0 Å². The predicted octanol–water partition coefficient (Wildman–Crippen LogP) is 1.70. The van der Waals surface area contributed by atoms with E-state index in [0.717, 1.165) is 6.42 Å². The normalized spacial score (nSPS) is 18.3. The standard InChI is InChI=1S/C13H16N2O4/c1-2-9-5-6-15(8-9)13(18)14-7-10-3-4-11(19-10)12(16)17/h2-4,9H,1,5-8H2,(H,14,18)(H,16,17). The number of nitrogens with zero attached hydrogens (tertiary/aromatic N) is 1.